The van der Waals surface area contributed by atoms with E-state index in [0.29, 0.717) is 24.2 Å². The molecule has 0 aliphatic rings. The highest BCUT2D eigenvalue weighted by Gasteiger charge is 2.18. The van der Waals surface area contributed by atoms with Crippen LogP contribution in [-0.2, 0) is 9.59 Å². The fourth-order valence-corrected chi connectivity index (χ4v) is 3.53. The van der Waals surface area contributed by atoms with Crippen LogP contribution < -0.4 is 0 Å². The van der Waals surface area contributed by atoms with E-state index in [1.165, 1.54) is 57.8 Å². The van der Waals surface area contributed by atoms with Gasteiger partial charge < -0.3 is 9.69 Å². The van der Waals surface area contributed by atoms with E-state index < -0.39 is 0 Å². The summed E-state index contributed by atoms with van der Waals surface area (Å²) >= 11 is 0. The number of Topliss-reactive ketones (excluding diaryl/α,β-unsaturated/α-hetero) is 1. The first-order valence-electron chi connectivity index (χ1n) is 11.3. The Bertz CT molecular complexity index is 354. The molecular weight excluding hydrogens is 322 g/mol. The van der Waals surface area contributed by atoms with Crippen molar-refractivity contribution in [1.82, 2.24) is 4.90 Å². The lowest BCUT2D eigenvalue weighted by Crippen LogP contribution is -2.37. The summed E-state index contributed by atoms with van der Waals surface area (Å²) in [5.74, 6) is 0.649. The lowest BCUT2D eigenvalue weighted by atomic mass is 9.99. The van der Waals surface area contributed by atoms with Gasteiger partial charge in [-0.2, -0.15) is 0 Å². The van der Waals surface area contributed by atoms with Crippen molar-refractivity contribution in [3.63, 3.8) is 0 Å². The standard InChI is InChI=1S/C23H45NO2/c1-5-7-13-18-22(24(4)23(26)20-14-8-6-2)19-16-12-10-9-11-15-17-21(3)25/h22H,5-20H2,1-4H3. The molecule has 0 saturated heterocycles. The van der Waals surface area contributed by atoms with E-state index >= 15 is 0 Å². The summed E-state index contributed by atoms with van der Waals surface area (Å²) in [5.41, 5.74) is 0. The van der Waals surface area contributed by atoms with Crippen LogP contribution in [0.1, 0.15) is 124 Å². The molecule has 0 fully saturated rings. The number of hydrogen-bond acceptors (Lipinski definition) is 2. The van der Waals surface area contributed by atoms with Gasteiger partial charge in [0.1, 0.15) is 5.78 Å². The van der Waals surface area contributed by atoms with E-state index in [1.807, 2.05) is 7.05 Å². The van der Waals surface area contributed by atoms with Crippen LogP contribution in [-0.4, -0.2) is 29.7 Å². The van der Waals surface area contributed by atoms with Crippen molar-refractivity contribution in [1.29, 1.82) is 0 Å². The Morgan fingerprint density at radius 3 is 1.73 bits per heavy atom. The average molecular weight is 368 g/mol. The number of nitrogens with zero attached hydrogens (tertiary/aromatic N) is 1. The third-order valence-corrected chi connectivity index (χ3v) is 5.39. The number of carbonyl (C=O) groups is 2. The van der Waals surface area contributed by atoms with Crippen LogP contribution >= 0.6 is 0 Å². The Labute approximate surface area is 163 Å². The molecule has 0 N–H and O–H groups in total. The van der Waals surface area contributed by atoms with Crippen LogP contribution in [0.3, 0.4) is 0 Å². The fourth-order valence-electron chi connectivity index (χ4n) is 3.53. The molecule has 0 aromatic heterocycles. The molecule has 3 nitrogen and oxygen atoms in total. The molecule has 26 heavy (non-hydrogen) atoms. The number of rotatable bonds is 18. The minimum atomic E-state index is 0.312. The molecule has 0 rings (SSSR count). The Kier molecular flexibility index (Phi) is 17.0. The molecule has 0 bridgehead atoms. The van der Waals surface area contributed by atoms with E-state index in [2.05, 4.69) is 18.7 Å². The highest BCUT2D eigenvalue weighted by Crippen LogP contribution is 2.18. The van der Waals surface area contributed by atoms with Crippen LogP contribution in [0.15, 0.2) is 0 Å². The molecule has 0 aliphatic carbocycles. The predicted octanol–water partition coefficient (Wildman–Crippen LogP) is 6.68. The summed E-state index contributed by atoms with van der Waals surface area (Å²) < 4.78 is 0. The maximum Gasteiger partial charge on any atom is 0.222 e. The van der Waals surface area contributed by atoms with Gasteiger partial charge in [-0.25, -0.2) is 0 Å². The average Bonchev–Trinajstić information content (AvgIpc) is 2.61. The molecule has 1 unspecified atom stereocenters. The zero-order valence-corrected chi connectivity index (χ0v) is 18.2. The monoisotopic (exact) mass is 367 g/mol. The number of ketones is 1. The van der Waals surface area contributed by atoms with Gasteiger partial charge in [-0.15, -0.1) is 0 Å². The SMILES string of the molecule is CCCCCC(=O)N(C)C(CCCCC)CCCCCCCCC(C)=O. The first kappa shape index (κ1) is 25.1. The number of carbonyl (C=O) groups excluding carboxylic acids is 2. The Morgan fingerprint density at radius 2 is 1.15 bits per heavy atom. The maximum atomic E-state index is 12.5. The van der Waals surface area contributed by atoms with Gasteiger partial charge in [-0.05, 0) is 32.6 Å². The Morgan fingerprint density at radius 1 is 0.692 bits per heavy atom. The molecule has 0 saturated carbocycles. The lowest BCUT2D eigenvalue weighted by molar-refractivity contribution is -0.132. The Hall–Kier alpha value is -0.860. The van der Waals surface area contributed by atoms with Crippen molar-refractivity contribution in [2.45, 2.75) is 130 Å². The zero-order valence-electron chi connectivity index (χ0n) is 18.2. The van der Waals surface area contributed by atoms with Gasteiger partial charge in [0.05, 0.1) is 0 Å². The van der Waals surface area contributed by atoms with Crippen molar-refractivity contribution in [2.24, 2.45) is 0 Å². The summed E-state index contributed by atoms with van der Waals surface area (Å²) in [4.78, 5) is 25.4. The smallest absolute Gasteiger partial charge is 0.222 e. The van der Waals surface area contributed by atoms with Crippen molar-refractivity contribution >= 4 is 11.7 Å². The lowest BCUT2D eigenvalue weighted by Gasteiger charge is -2.29. The molecule has 0 spiro atoms. The second-order valence-electron chi connectivity index (χ2n) is 7.97. The Balaban J connectivity index is 4.08. The summed E-state index contributed by atoms with van der Waals surface area (Å²) in [5, 5.41) is 0. The zero-order chi connectivity index (χ0) is 19.6. The van der Waals surface area contributed by atoms with Crippen molar-refractivity contribution in [3.05, 3.63) is 0 Å². The van der Waals surface area contributed by atoms with Crippen LogP contribution in [0.2, 0.25) is 0 Å². The van der Waals surface area contributed by atoms with E-state index in [-0.39, 0.29) is 0 Å². The normalized spacial score (nSPS) is 12.2. The van der Waals surface area contributed by atoms with Crippen molar-refractivity contribution in [3.8, 4) is 0 Å². The minimum Gasteiger partial charge on any atom is -0.343 e. The molecule has 0 radical (unpaired) electrons. The van der Waals surface area contributed by atoms with E-state index in [4.69, 9.17) is 0 Å². The largest absolute Gasteiger partial charge is 0.343 e. The number of amides is 1. The van der Waals surface area contributed by atoms with Crippen LogP contribution in [0, 0.1) is 0 Å². The third-order valence-electron chi connectivity index (χ3n) is 5.39. The quantitative estimate of drug-likeness (QED) is 0.253. The van der Waals surface area contributed by atoms with E-state index in [1.54, 1.807) is 6.92 Å². The van der Waals surface area contributed by atoms with Gasteiger partial charge in [0.15, 0.2) is 0 Å². The van der Waals surface area contributed by atoms with Crippen molar-refractivity contribution in [2.75, 3.05) is 7.05 Å². The fraction of sp³-hybridized carbons (Fsp3) is 0.913. The molecule has 0 heterocycles. The molecule has 0 aromatic rings. The molecule has 1 amide bonds. The molecular formula is C23H45NO2. The van der Waals surface area contributed by atoms with E-state index in [0.717, 1.165) is 38.5 Å². The van der Waals surface area contributed by atoms with Gasteiger partial charge in [-0.1, -0.05) is 78.1 Å². The first-order chi connectivity index (χ1) is 12.5. The van der Waals surface area contributed by atoms with Crippen LogP contribution in [0.25, 0.3) is 0 Å². The second kappa shape index (κ2) is 17.5. The minimum absolute atomic E-state index is 0.312. The highest BCUT2D eigenvalue weighted by molar-refractivity contribution is 5.76. The second-order valence-corrected chi connectivity index (χ2v) is 7.97. The van der Waals surface area contributed by atoms with Crippen molar-refractivity contribution < 1.29 is 9.59 Å². The van der Waals surface area contributed by atoms with Gasteiger partial charge >= 0.3 is 0 Å². The van der Waals surface area contributed by atoms with Crippen LogP contribution in [0.4, 0.5) is 0 Å². The molecule has 3 heteroatoms. The van der Waals surface area contributed by atoms with E-state index in [9.17, 15) is 9.59 Å². The molecule has 0 aliphatic heterocycles. The summed E-state index contributed by atoms with van der Waals surface area (Å²) in [7, 11) is 2.02. The summed E-state index contributed by atoms with van der Waals surface area (Å²) in [6.45, 7) is 6.10. The van der Waals surface area contributed by atoms with Gasteiger partial charge in [0.2, 0.25) is 5.91 Å². The number of hydrogen-bond donors (Lipinski definition) is 0. The number of unbranched alkanes of at least 4 members (excludes halogenated alkanes) is 9. The third kappa shape index (κ3) is 14.3. The predicted molar refractivity (Wildman–Crippen MR) is 112 cm³/mol. The van der Waals surface area contributed by atoms with Gasteiger partial charge in [0.25, 0.3) is 0 Å². The molecule has 154 valence electrons. The van der Waals surface area contributed by atoms with Gasteiger partial charge in [-0.3, -0.25) is 4.79 Å². The summed E-state index contributed by atoms with van der Waals surface area (Å²) in [6.07, 6.45) is 18.0. The summed E-state index contributed by atoms with van der Waals surface area (Å²) in [6, 6.07) is 0.424. The van der Waals surface area contributed by atoms with Gasteiger partial charge in [0, 0.05) is 25.9 Å². The topological polar surface area (TPSA) is 37.4 Å². The molecule has 0 aromatic carbocycles. The maximum absolute atomic E-state index is 12.5. The first-order valence-corrected chi connectivity index (χ1v) is 11.3. The highest BCUT2D eigenvalue weighted by atomic mass is 16.2. The molecule has 1 atom stereocenters. The van der Waals surface area contributed by atoms with Crippen LogP contribution in [0.5, 0.6) is 0 Å².